The van der Waals surface area contributed by atoms with Gasteiger partial charge < -0.3 is 20.1 Å². The molecule has 0 aromatic carbocycles. The summed E-state index contributed by atoms with van der Waals surface area (Å²) in [7, 11) is 0. The number of hydrogen-bond acceptors (Lipinski definition) is 4. The van der Waals surface area contributed by atoms with Gasteiger partial charge >= 0.3 is 0 Å². The van der Waals surface area contributed by atoms with E-state index in [0.29, 0.717) is 32.5 Å². The highest BCUT2D eigenvalue weighted by Gasteiger charge is 2.34. The molecule has 92 valence electrons. The molecule has 2 saturated heterocycles. The van der Waals surface area contributed by atoms with Crippen LogP contribution in [0.3, 0.4) is 0 Å². The van der Waals surface area contributed by atoms with E-state index in [-0.39, 0.29) is 12.0 Å². The van der Waals surface area contributed by atoms with E-state index in [9.17, 15) is 9.90 Å². The monoisotopic (exact) mass is 228 g/mol. The Balaban J connectivity index is 1.79. The van der Waals surface area contributed by atoms with Gasteiger partial charge in [-0.3, -0.25) is 4.79 Å². The van der Waals surface area contributed by atoms with E-state index in [1.54, 1.807) is 11.8 Å². The summed E-state index contributed by atoms with van der Waals surface area (Å²) in [5.41, 5.74) is -0.707. The van der Waals surface area contributed by atoms with Crippen LogP contribution in [0.25, 0.3) is 0 Å². The molecule has 0 aromatic heterocycles. The highest BCUT2D eigenvalue weighted by Crippen LogP contribution is 2.21. The number of amides is 1. The first-order valence-corrected chi connectivity index (χ1v) is 5.89. The summed E-state index contributed by atoms with van der Waals surface area (Å²) in [4.78, 5) is 13.6. The fourth-order valence-electron chi connectivity index (χ4n) is 2.23. The second kappa shape index (κ2) is 4.69. The molecule has 0 bridgehead atoms. The van der Waals surface area contributed by atoms with Gasteiger partial charge in [-0.2, -0.15) is 0 Å². The lowest BCUT2D eigenvalue weighted by Gasteiger charge is -2.25. The van der Waals surface area contributed by atoms with Crippen molar-refractivity contribution in [2.75, 3.05) is 32.8 Å². The normalized spacial score (nSPS) is 35.4. The number of hydrogen-bond donors (Lipinski definition) is 2. The summed E-state index contributed by atoms with van der Waals surface area (Å²) >= 11 is 0. The molecule has 2 fully saturated rings. The third kappa shape index (κ3) is 2.93. The van der Waals surface area contributed by atoms with E-state index >= 15 is 0 Å². The summed E-state index contributed by atoms with van der Waals surface area (Å²) in [6, 6.07) is 0. The van der Waals surface area contributed by atoms with E-state index in [1.807, 2.05) is 0 Å². The zero-order valence-corrected chi connectivity index (χ0v) is 9.74. The standard InChI is InChI=1S/C11H20N2O3/c1-11(15)2-4-13(8-11)10(14)6-9-7-12-3-5-16-9/h9,12,15H,2-8H2,1H3. The number of carbonyl (C=O) groups excluding carboxylic acids is 1. The van der Waals surface area contributed by atoms with Crippen LogP contribution in [0.1, 0.15) is 19.8 Å². The third-order valence-electron chi connectivity index (χ3n) is 3.21. The van der Waals surface area contributed by atoms with Crippen molar-refractivity contribution >= 4 is 5.91 Å². The van der Waals surface area contributed by atoms with Crippen LogP contribution < -0.4 is 5.32 Å². The van der Waals surface area contributed by atoms with Gasteiger partial charge in [0.1, 0.15) is 0 Å². The summed E-state index contributed by atoms with van der Waals surface area (Å²) in [5.74, 6) is 0.0893. The molecule has 5 nitrogen and oxygen atoms in total. The Kier molecular flexibility index (Phi) is 3.47. The molecule has 2 heterocycles. The highest BCUT2D eigenvalue weighted by molar-refractivity contribution is 5.77. The molecule has 2 aliphatic rings. The number of β-amino-alcohol motifs (C(OH)–C–C–N with tert-alkyl or cyclic N) is 1. The first-order chi connectivity index (χ1) is 7.57. The lowest BCUT2D eigenvalue weighted by molar-refractivity contribution is -0.134. The van der Waals surface area contributed by atoms with Crippen molar-refractivity contribution in [1.29, 1.82) is 0 Å². The Hall–Kier alpha value is -0.650. The molecule has 0 aromatic rings. The molecule has 0 saturated carbocycles. The van der Waals surface area contributed by atoms with Crippen molar-refractivity contribution in [3.8, 4) is 0 Å². The topological polar surface area (TPSA) is 61.8 Å². The van der Waals surface area contributed by atoms with Gasteiger partial charge in [-0.05, 0) is 13.3 Å². The average molecular weight is 228 g/mol. The SMILES string of the molecule is CC1(O)CCN(C(=O)CC2CNCCO2)C1. The predicted octanol–water partition coefficient (Wildman–Crippen LogP) is -0.652. The summed E-state index contributed by atoms with van der Waals surface area (Å²) < 4.78 is 5.49. The number of aliphatic hydroxyl groups is 1. The molecule has 2 aliphatic heterocycles. The summed E-state index contributed by atoms with van der Waals surface area (Å²) in [6.07, 6.45) is 1.08. The second-order valence-corrected chi connectivity index (χ2v) is 4.96. The molecule has 16 heavy (non-hydrogen) atoms. The Morgan fingerprint density at radius 3 is 3.06 bits per heavy atom. The summed E-state index contributed by atoms with van der Waals surface area (Å²) in [5, 5.41) is 13.0. The van der Waals surface area contributed by atoms with Gasteiger partial charge in [0.25, 0.3) is 0 Å². The fraction of sp³-hybridized carbons (Fsp3) is 0.909. The minimum absolute atomic E-state index is 0.00759. The first-order valence-electron chi connectivity index (χ1n) is 5.89. The molecule has 2 N–H and O–H groups in total. The van der Waals surface area contributed by atoms with E-state index in [4.69, 9.17) is 4.74 Å². The highest BCUT2D eigenvalue weighted by atomic mass is 16.5. The molecule has 0 aliphatic carbocycles. The van der Waals surface area contributed by atoms with E-state index in [0.717, 1.165) is 13.1 Å². The van der Waals surface area contributed by atoms with Crippen molar-refractivity contribution in [1.82, 2.24) is 10.2 Å². The molecule has 2 unspecified atom stereocenters. The molecule has 5 heteroatoms. The number of likely N-dealkylation sites (tertiary alicyclic amines) is 1. The van der Waals surface area contributed by atoms with Gasteiger partial charge in [0.2, 0.25) is 5.91 Å². The number of carbonyl (C=O) groups is 1. The van der Waals surface area contributed by atoms with Crippen molar-refractivity contribution in [2.45, 2.75) is 31.5 Å². The molecule has 1 amide bonds. The minimum Gasteiger partial charge on any atom is -0.388 e. The van der Waals surface area contributed by atoms with Crippen molar-refractivity contribution in [3.63, 3.8) is 0 Å². The van der Waals surface area contributed by atoms with Crippen molar-refractivity contribution < 1.29 is 14.6 Å². The lowest BCUT2D eigenvalue weighted by Crippen LogP contribution is -2.42. The molecule has 0 spiro atoms. The quantitative estimate of drug-likeness (QED) is 0.659. The van der Waals surface area contributed by atoms with Gasteiger partial charge in [-0.25, -0.2) is 0 Å². The average Bonchev–Trinajstić information content (AvgIpc) is 2.60. The molecular weight excluding hydrogens is 208 g/mol. The van der Waals surface area contributed by atoms with Crippen LogP contribution in [-0.2, 0) is 9.53 Å². The van der Waals surface area contributed by atoms with Crippen molar-refractivity contribution in [2.24, 2.45) is 0 Å². The Labute approximate surface area is 95.8 Å². The minimum atomic E-state index is -0.707. The molecular formula is C11H20N2O3. The van der Waals surface area contributed by atoms with Crippen LogP contribution in [0, 0.1) is 0 Å². The smallest absolute Gasteiger partial charge is 0.225 e. The lowest BCUT2D eigenvalue weighted by atomic mass is 10.1. The third-order valence-corrected chi connectivity index (χ3v) is 3.21. The van der Waals surface area contributed by atoms with Crippen LogP contribution in [-0.4, -0.2) is 60.4 Å². The summed E-state index contributed by atoms with van der Waals surface area (Å²) in [6.45, 7) is 5.17. The van der Waals surface area contributed by atoms with Crippen LogP contribution in [0.5, 0.6) is 0 Å². The maximum absolute atomic E-state index is 11.9. The Bertz CT molecular complexity index is 262. The largest absolute Gasteiger partial charge is 0.388 e. The molecule has 2 rings (SSSR count). The van der Waals surface area contributed by atoms with E-state index in [2.05, 4.69) is 5.32 Å². The van der Waals surface area contributed by atoms with Gasteiger partial charge in [-0.1, -0.05) is 0 Å². The van der Waals surface area contributed by atoms with Crippen LogP contribution in [0.4, 0.5) is 0 Å². The van der Waals surface area contributed by atoms with Crippen LogP contribution in [0.15, 0.2) is 0 Å². The molecule has 0 radical (unpaired) electrons. The fourth-order valence-corrected chi connectivity index (χ4v) is 2.23. The predicted molar refractivity (Wildman–Crippen MR) is 59.0 cm³/mol. The number of ether oxygens (including phenoxy) is 1. The van der Waals surface area contributed by atoms with Gasteiger partial charge in [0.15, 0.2) is 0 Å². The number of rotatable bonds is 2. The first kappa shape index (κ1) is 11.8. The zero-order chi connectivity index (χ0) is 11.6. The number of nitrogens with one attached hydrogen (secondary N) is 1. The van der Waals surface area contributed by atoms with Crippen molar-refractivity contribution in [3.05, 3.63) is 0 Å². The van der Waals surface area contributed by atoms with Gasteiger partial charge in [0.05, 0.1) is 24.7 Å². The Morgan fingerprint density at radius 2 is 2.50 bits per heavy atom. The van der Waals surface area contributed by atoms with E-state index in [1.165, 1.54) is 0 Å². The maximum Gasteiger partial charge on any atom is 0.225 e. The Morgan fingerprint density at radius 1 is 1.69 bits per heavy atom. The maximum atomic E-state index is 11.9. The number of nitrogens with zero attached hydrogens (tertiary/aromatic N) is 1. The van der Waals surface area contributed by atoms with Gasteiger partial charge in [-0.15, -0.1) is 0 Å². The zero-order valence-electron chi connectivity index (χ0n) is 9.74. The number of morpholine rings is 1. The van der Waals surface area contributed by atoms with E-state index < -0.39 is 5.60 Å². The van der Waals surface area contributed by atoms with Crippen LogP contribution in [0.2, 0.25) is 0 Å². The second-order valence-electron chi connectivity index (χ2n) is 4.96. The molecule has 2 atom stereocenters. The van der Waals surface area contributed by atoms with Crippen LogP contribution >= 0.6 is 0 Å². The van der Waals surface area contributed by atoms with Gasteiger partial charge in [0, 0.05) is 26.2 Å².